The van der Waals surface area contributed by atoms with Crippen molar-refractivity contribution in [3.05, 3.63) is 23.8 Å². The summed E-state index contributed by atoms with van der Waals surface area (Å²) in [6.07, 6.45) is -1.34. The third kappa shape index (κ3) is 5.32. The Balaban J connectivity index is 2.27. The molecule has 8 heteroatoms. The van der Waals surface area contributed by atoms with Gasteiger partial charge in [-0.2, -0.15) is 13.2 Å². The molecule has 1 heterocycles. The lowest BCUT2D eigenvalue weighted by Gasteiger charge is -2.31. The first-order valence-electron chi connectivity index (χ1n) is 8.26. The first-order valence-corrected chi connectivity index (χ1v) is 8.67. The quantitative estimate of drug-likeness (QED) is 0.781. The van der Waals surface area contributed by atoms with Crippen LogP contribution >= 0.6 is 12.2 Å². The third-order valence-electron chi connectivity index (χ3n) is 4.03. The first-order chi connectivity index (χ1) is 11.7. The van der Waals surface area contributed by atoms with Crippen LogP contribution in [0.3, 0.4) is 0 Å². The lowest BCUT2D eigenvalue weighted by Crippen LogP contribution is -2.37. The lowest BCUT2D eigenvalue weighted by atomic mass is 10.1. The second-order valence-corrected chi connectivity index (χ2v) is 6.78. The summed E-state index contributed by atoms with van der Waals surface area (Å²) in [7, 11) is 0. The van der Waals surface area contributed by atoms with E-state index >= 15 is 0 Å². The van der Waals surface area contributed by atoms with Crippen molar-refractivity contribution in [2.75, 3.05) is 23.3 Å². The number of hydrogen-bond donors (Lipinski definition) is 2. The Morgan fingerprint density at radius 2 is 1.84 bits per heavy atom. The fraction of sp³-hybridized carbons (Fsp3) is 0.529. The number of nitrogens with one attached hydrogen (secondary N) is 2. The van der Waals surface area contributed by atoms with Gasteiger partial charge in [-0.05, 0) is 49.7 Å². The van der Waals surface area contributed by atoms with E-state index < -0.39 is 11.7 Å². The molecule has 2 rings (SSSR count). The highest BCUT2D eigenvalue weighted by Crippen LogP contribution is 2.36. The van der Waals surface area contributed by atoms with E-state index in [0.717, 1.165) is 44.5 Å². The van der Waals surface area contributed by atoms with Crippen molar-refractivity contribution < 1.29 is 18.0 Å². The minimum atomic E-state index is -4.44. The Morgan fingerprint density at radius 1 is 1.20 bits per heavy atom. The predicted molar refractivity (Wildman–Crippen MR) is 96.7 cm³/mol. The van der Waals surface area contributed by atoms with E-state index in [1.807, 2.05) is 4.90 Å². The summed E-state index contributed by atoms with van der Waals surface area (Å²) in [5, 5.41) is 5.26. The maximum absolute atomic E-state index is 13.1. The number of thiocarbonyl (C=S) groups is 1. The molecule has 1 saturated heterocycles. The van der Waals surface area contributed by atoms with E-state index in [1.165, 1.54) is 6.07 Å². The first kappa shape index (κ1) is 19.5. The van der Waals surface area contributed by atoms with Crippen molar-refractivity contribution in [3.63, 3.8) is 0 Å². The van der Waals surface area contributed by atoms with Gasteiger partial charge in [0.05, 0.1) is 16.9 Å². The van der Waals surface area contributed by atoms with Gasteiger partial charge in [-0.3, -0.25) is 4.79 Å². The van der Waals surface area contributed by atoms with Gasteiger partial charge >= 0.3 is 6.18 Å². The lowest BCUT2D eigenvalue weighted by molar-refractivity contribution is -0.137. The maximum Gasteiger partial charge on any atom is 0.416 e. The number of benzene rings is 1. The number of carbonyl (C=O) groups excluding carboxylic acids is 1. The maximum atomic E-state index is 13.1. The van der Waals surface area contributed by atoms with Gasteiger partial charge < -0.3 is 15.5 Å². The normalized spacial score (nSPS) is 15.2. The molecule has 1 aromatic carbocycles. The fourth-order valence-corrected chi connectivity index (χ4v) is 2.84. The van der Waals surface area contributed by atoms with Crippen LogP contribution < -0.4 is 15.5 Å². The smallest absolute Gasteiger partial charge is 0.370 e. The summed E-state index contributed by atoms with van der Waals surface area (Å²) in [6.45, 7) is 4.99. The van der Waals surface area contributed by atoms with Crippen LogP contribution in [0.25, 0.3) is 0 Å². The second kappa shape index (κ2) is 8.03. The molecule has 0 unspecified atom stereocenters. The highest BCUT2D eigenvalue weighted by Gasteiger charge is 2.31. The summed E-state index contributed by atoms with van der Waals surface area (Å²) < 4.78 is 39.2. The van der Waals surface area contributed by atoms with E-state index in [-0.39, 0.29) is 22.6 Å². The van der Waals surface area contributed by atoms with Crippen molar-refractivity contribution in [2.45, 2.75) is 39.3 Å². The van der Waals surface area contributed by atoms with E-state index in [9.17, 15) is 18.0 Å². The number of carbonyl (C=O) groups is 1. The molecule has 0 aliphatic carbocycles. The van der Waals surface area contributed by atoms with Crippen molar-refractivity contribution >= 4 is 34.6 Å². The minimum absolute atomic E-state index is 0.00344. The second-order valence-electron chi connectivity index (χ2n) is 6.38. The zero-order valence-electron chi connectivity index (χ0n) is 14.2. The van der Waals surface area contributed by atoms with Crippen LogP contribution in [0.1, 0.15) is 38.7 Å². The molecule has 0 radical (unpaired) electrons. The summed E-state index contributed by atoms with van der Waals surface area (Å²) >= 11 is 5.09. The van der Waals surface area contributed by atoms with Gasteiger partial charge in [-0.25, -0.2) is 0 Å². The van der Waals surface area contributed by atoms with Crippen LogP contribution in [0.5, 0.6) is 0 Å². The van der Waals surface area contributed by atoms with Gasteiger partial charge in [0, 0.05) is 19.0 Å². The Bertz CT molecular complexity index is 641. The molecule has 25 heavy (non-hydrogen) atoms. The summed E-state index contributed by atoms with van der Waals surface area (Å²) in [5.41, 5.74) is 0.161. The molecular weight excluding hydrogens is 351 g/mol. The van der Waals surface area contributed by atoms with Crippen molar-refractivity contribution in [1.82, 2.24) is 5.32 Å². The SMILES string of the molecule is CC(C)C(=O)NC(=S)Nc1cc(C(F)(F)F)ccc1N1CCCCC1. The fourth-order valence-electron chi connectivity index (χ4n) is 2.63. The van der Waals surface area contributed by atoms with Crippen LogP contribution in [0.2, 0.25) is 0 Å². The molecule has 1 aromatic rings. The van der Waals surface area contributed by atoms with Crippen molar-refractivity contribution in [3.8, 4) is 0 Å². The zero-order chi connectivity index (χ0) is 18.6. The van der Waals surface area contributed by atoms with Gasteiger partial charge in [0.25, 0.3) is 0 Å². The Labute approximate surface area is 150 Å². The van der Waals surface area contributed by atoms with E-state index in [0.29, 0.717) is 5.69 Å². The number of nitrogens with zero attached hydrogens (tertiary/aromatic N) is 1. The molecule has 4 nitrogen and oxygen atoms in total. The Morgan fingerprint density at radius 3 is 2.40 bits per heavy atom. The number of piperidine rings is 1. The molecule has 2 N–H and O–H groups in total. The van der Waals surface area contributed by atoms with Gasteiger partial charge in [0.15, 0.2) is 5.11 Å². The van der Waals surface area contributed by atoms with Gasteiger partial charge in [-0.1, -0.05) is 13.8 Å². The van der Waals surface area contributed by atoms with E-state index in [1.54, 1.807) is 13.8 Å². The third-order valence-corrected chi connectivity index (χ3v) is 4.23. The minimum Gasteiger partial charge on any atom is -0.370 e. The molecule has 1 fully saturated rings. The van der Waals surface area contributed by atoms with Gasteiger partial charge in [0.2, 0.25) is 5.91 Å². The monoisotopic (exact) mass is 373 g/mol. The molecule has 1 aliphatic heterocycles. The molecule has 0 saturated carbocycles. The molecular formula is C17H22F3N3OS. The topological polar surface area (TPSA) is 44.4 Å². The molecule has 0 bridgehead atoms. The molecule has 0 spiro atoms. The number of anilines is 2. The molecule has 0 atom stereocenters. The van der Waals surface area contributed by atoms with Crippen LogP contribution in [0, 0.1) is 5.92 Å². The largest absolute Gasteiger partial charge is 0.416 e. The molecule has 1 amide bonds. The standard InChI is InChI=1S/C17H22F3N3OS/c1-11(2)15(24)22-16(25)21-13-10-12(17(18,19)20)6-7-14(13)23-8-4-3-5-9-23/h6-7,10-11H,3-5,8-9H2,1-2H3,(H2,21,22,24,25). The average molecular weight is 373 g/mol. The molecule has 1 aliphatic rings. The summed E-state index contributed by atoms with van der Waals surface area (Å²) in [4.78, 5) is 13.8. The highest BCUT2D eigenvalue weighted by molar-refractivity contribution is 7.80. The number of rotatable bonds is 3. The number of hydrogen-bond acceptors (Lipinski definition) is 3. The molecule has 0 aromatic heterocycles. The van der Waals surface area contributed by atoms with Gasteiger partial charge in [-0.15, -0.1) is 0 Å². The van der Waals surface area contributed by atoms with Crippen LogP contribution in [-0.2, 0) is 11.0 Å². The van der Waals surface area contributed by atoms with Crippen LogP contribution in [0.4, 0.5) is 24.5 Å². The van der Waals surface area contributed by atoms with Crippen molar-refractivity contribution in [1.29, 1.82) is 0 Å². The zero-order valence-corrected chi connectivity index (χ0v) is 15.1. The highest BCUT2D eigenvalue weighted by atomic mass is 32.1. The van der Waals surface area contributed by atoms with E-state index in [2.05, 4.69) is 10.6 Å². The average Bonchev–Trinajstić information content (AvgIpc) is 2.54. The number of halogens is 3. The summed E-state index contributed by atoms with van der Waals surface area (Å²) in [6, 6.07) is 3.58. The predicted octanol–water partition coefficient (Wildman–Crippen LogP) is 4.16. The number of amides is 1. The van der Waals surface area contributed by atoms with Crippen LogP contribution in [-0.4, -0.2) is 24.1 Å². The summed E-state index contributed by atoms with van der Waals surface area (Å²) in [5.74, 6) is -0.563. The van der Waals surface area contributed by atoms with Gasteiger partial charge in [0.1, 0.15) is 0 Å². The van der Waals surface area contributed by atoms with E-state index in [4.69, 9.17) is 12.2 Å². The number of alkyl halides is 3. The van der Waals surface area contributed by atoms with Crippen molar-refractivity contribution in [2.24, 2.45) is 5.92 Å². The molecule has 138 valence electrons. The van der Waals surface area contributed by atoms with Crippen LogP contribution in [0.15, 0.2) is 18.2 Å². The Kier molecular flexibility index (Phi) is 6.26. The Hall–Kier alpha value is -1.83.